The zero-order valence-electron chi connectivity index (χ0n) is 14.8. The zero-order valence-corrected chi connectivity index (χ0v) is 18.8. The van der Waals surface area contributed by atoms with Gasteiger partial charge >= 0.3 is 67.8 Å². The molecule has 0 amide bonds. The van der Waals surface area contributed by atoms with Gasteiger partial charge in [-0.15, -0.1) is 0 Å². The van der Waals surface area contributed by atoms with E-state index in [0.717, 1.165) is 21.6 Å². The molecule has 0 aliphatic rings. The third-order valence-corrected chi connectivity index (χ3v) is 3.29. The molecule has 0 aromatic heterocycles. The maximum atomic E-state index is 7.50. The molecule has 30 heavy (non-hydrogen) atoms. The van der Waals surface area contributed by atoms with E-state index in [1.54, 1.807) is 0 Å². The van der Waals surface area contributed by atoms with Crippen molar-refractivity contribution in [2.24, 2.45) is 0 Å². The van der Waals surface area contributed by atoms with Gasteiger partial charge in [-0.25, -0.2) is 0 Å². The van der Waals surface area contributed by atoms with Crippen LogP contribution in [-0.2, 0) is 87.3 Å². The van der Waals surface area contributed by atoms with E-state index >= 15 is 0 Å². The summed E-state index contributed by atoms with van der Waals surface area (Å²) in [5.41, 5.74) is 2.01. The fraction of sp³-hybridized carbons (Fsp3) is 0. The van der Waals surface area contributed by atoms with Gasteiger partial charge in [0.1, 0.15) is 0 Å². The molecule has 2 aromatic carbocycles. The molecule has 2 rings (SSSR count). The van der Waals surface area contributed by atoms with Gasteiger partial charge in [0.2, 0.25) is 0 Å². The molecule has 0 saturated heterocycles. The van der Waals surface area contributed by atoms with Crippen LogP contribution in [0.25, 0.3) is 0 Å². The van der Waals surface area contributed by atoms with Gasteiger partial charge in [0.15, 0.2) is 0 Å². The fourth-order valence-corrected chi connectivity index (χ4v) is 1.95. The SMILES string of the molecule is [C-]#[O+].[C-]#[O+].[C-]#[O+].[C-]#[O+].[C-]#[O+].[C-]#[O+].[Mn].[Mn].[S-][C]([C]([S-])c1ccccc1)c1ccccc1. The third kappa shape index (κ3) is 24.7. The Labute approximate surface area is 208 Å². The average molecular weight is 520 g/mol. The summed E-state index contributed by atoms with van der Waals surface area (Å²) in [4.78, 5) is 0. The minimum Gasteiger partial charge on any atom is -0.783 e. The van der Waals surface area contributed by atoms with Crippen molar-refractivity contribution in [2.75, 3.05) is 0 Å². The van der Waals surface area contributed by atoms with Crippen LogP contribution in [0.15, 0.2) is 60.7 Å². The second-order valence-corrected chi connectivity index (χ2v) is 4.21. The van der Waals surface area contributed by atoms with Crippen molar-refractivity contribution >= 4 is 25.3 Å². The molecule has 4 radical (unpaired) electrons. The minimum atomic E-state index is 0. The molecule has 0 spiro atoms. The van der Waals surface area contributed by atoms with E-state index in [1.165, 1.54) is 0 Å². The van der Waals surface area contributed by atoms with Gasteiger partial charge in [-0.05, 0) is 0 Å². The van der Waals surface area contributed by atoms with Gasteiger partial charge in [-0.3, -0.25) is 0 Å². The van der Waals surface area contributed by atoms with E-state index in [1.807, 2.05) is 60.7 Å². The van der Waals surface area contributed by atoms with Gasteiger partial charge in [0.25, 0.3) is 0 Å². The van der Waals surface area contributed by atoms with Crippen molar-refractivity contribution in [2.45, 2.75) is 0 Å². The number of benzene rings is 2. The van der Waals surface area contributed by atoms with Crippen LogP contribution in [0, 0.1) is 50.4 Å². The first-order valence-electron chi connectivity index (χ1n) is 6.20. The second-order valence-electron chi connectivity index (χ2n) is 3.39. The summed E-state index contributed by atoms with van der Waals surface area (Å²) >= 11 is 10.8. The third-order valence-electron chi connectivity index (χ3n) is 2.28. The van der Waals surface area contributed by atoms with Crippen LogP contribution in [0.3, 0.4) is 0 Å². The molecule has 0 N–H and O–H groups in total. The predicted octanol–water partition coefficient (Wildman–Crippen LogP) is 3.01. The molecule has 0 unspecified atom stereocenters. The molecule has 154 valence electrons. The van der Waals surface area contributed by atoms with E-state index in [-0.39, 0.29) is 34.1 Å². The Bertz CT molecular complexity index is 596. The average Bonchev–Trinajstić information content (AvgIpc) is 2.87. The normalized spacial score (nSPS) is 6.27. The molecule has 0 atom stereocenters. The Kier molecular flexibility index (Phi) is 71.7. The van der Waals surface area contributed by atoms with Crippen LogP contribution in [-0.4, -0.2) is 0 Å². The zero-order chi connectivity index (χ0) is 23.4. The van der Waals surface area contributed by atoms with E-state index < -0.39 is 0 Å². The monoisotopic (exact) mass is 520 g/mol. The molecule has 0 aliphatic carbocycles. The molecule has 10 heteroatoms. The van der Waals surface area contributed by atoms with Gasteiger partial charge in [0.05, 0.1) is 0 Å². The molecule has 0 aliphatic heterocycles. The Balaban J connectivity index is -0.0000000657. The summed E-state index contributed by atoms with van der Waals surface area (Å²) < 4.78 is 45.0. The molecule has 0 saturated carbocycles. The minimum absolute atomic E-state index is 0. The Morgan fingerprint density at radius 2 is 0.600 bits per heavy atom. The van der Waals surface area contributed by atoms with Gasteiger partial charge < -0.3 is 25.3 Å². The molecule has 0 bridgehead atoms. The largest absolute Gasteiger partial charge is 0.783 e. The van der Waals surface area contributed by atoms with E-state index in [0.29, 0.717) is 0 Å². The van der Waals surface area contributed by atoms with Crippen LogP contribution in [0.1, 0.15) is 11.1 Å². The summed E-state index contributed by atoms with van der Waals surface area (Å²) in [5.74, 6) is 0. The van der Waals surface area contributed by atoms with Gasteiger partial charge in [-0.1, -0.05) is 71.8 Å². The standard InChI is InChI=1S/C14H10S2.6CO.2Mn/c15-13(11-7-3-1-4-8-11)14(16)12-9-5-2-6-10-12;6*1-2;;/h1-10H;;;;;;;;/q-2;;;;;;;;. The molecule has 0 fully saturated rings. The first-order chi connectivity index (χ1) is 13.8. The van der Waals surface area contributed by atoms with Crippen molar-refractivity contribution in [3.05, 3.63) is 122 Å². The predicted molar refractivity (Wildman–Crippen MR) is 95.9 cm³/mol. The topological polar surface area (TPSA) is 119 Å². The van der Waals surface area contributed by atoms with Crippen LogP contribution in [0.4, 0.5) is 0 Å². The van der Waals surface area contributed by atoms with E-state index in [4.69, 9.17) is 53.2 Å². The number of hydrogen-bond donors (Lipinski definition) is 0. The Hall–Kier alpha value is -1.38. The van der Waals surface area contributed by atoms with Crippen molar-refractivity contribution in [1.29, 1.82) is 0 Å². The summed E-state index contributed by atoms with van der Waals surface area (Å²) in [6.45, 7) is 27.0. The Morgan fingerprint density at radius 1 is 0.433 bits per heavy atom. The van der Waals surface area contributed by atoms with Gasteiger partial charge in [0, 0.05) is 34.1 Å². The van der Waals surface area contributed by atoms with E-state index in [9.17, 15) is 0 Å². The maximum absolute atomic E-state index is 7.50. The van der Waals surface area contributed by atoms with Gasteiger partial charge in [-0.2, -0.15) is 10.5 Å². The van der Waals surface area contributed by atoms with Crippen molar-refractivity contribution in [1.82, 2.24) is 0 Å². The summed E-state index contributed by atoms with van der Waals surface area (Å²) in [7, 11) is 0. The second kappa shape index (κ2) is 46.0. The molecule has 0 heterocycles. The summed E-state index contributed by atoms with van der Waals surface area (Å²) in [6, 6.07) is 19.7. The van der Waals surface area contributed by atoms with Crippen LogP contribution in [0.5, 0.6) is 0 Å². The van der Waals surface area contributed by atoms with Crippen molar-refractivity contribution < 1.29 is 62.1 Å². The number of hydrogen-bond acceptors (Lipinski definition) is 2. The molecular weight excluding hydrogens is 510 g/mol. The smallest absolute Gasteiger partial charge is 0 e. The maximum Gasteiger partial charge on any atom is 0 e. The summed E-state index contributed by atoms with van der Waals surface area (Å²) in [5, 5.41) is 1.48. The van der Waals surface area contributed by atoms with Crippen molar-refractivity contribution in [3.8, 4) is 0 Å². The quantitative estimate of drug-likeness (QED) is 0.268. The van der Waals surface area contributed by atoms with Crippen LogP contribution < -0.4 is 0 Å². The summed E-state index contributed by atoms with van der Waals surface area (Å²) in [6.07, 6.45) is 0. The van der Waals surface area contributed by atoms with E-state index in [2.05, 4.69) is 39.9 Å². The first kappa shape index (κ1) is 46.7. The molecular formula is C20H10Mn2O6S2-2. The van der Waals surface area contributed by atoms with Crippen LogP contribution >= 0.6 is 0 Å². The van der Waals surface area contributed by atoms with Crippen LogP contribution in [0.2, 0.25) is 0 Å². The number of rotatable bonds is 3. The fourth-order valence-electron chi connectivity index (χ4n) is 1.44. The first-order valence-corrected chi connectivity index (χ1v) is 7.02. The van der Waals surface area contributed by atoms with Crippen molar-refractivity contribution in [3.63, 3.8) is 0 Å². The Morgan fingerprint density at radius 3 is 0.767 bits per heavy atom. The molecule has 6 nitrogen and oxygen atoms in total. The molecule has 2 aromatic rings.